The van der Waals surface area contributed by atoms with E-state index in [4.69, 9.17) is 11.6 Å². The van der Waals surface area contributed by atoms with Gasteiger partial charge in [-0.15, -0.1) is 0 Å². The van der Waals surface area contributed by atoms with Gasteiger partial charge in [0, 0.05) is 0 Å². The highest BCUT2D eigenvalue weighted by molar-refractivity contribution is 6.32. The van der Waals surface area contributed by atoms with Gasteiger partial charge < -0.3 is 10.4 Å². The number of hydrogen-bond acceptors (Lipinski definition) is 3. The number of carbonyl (C=O) groups excluding carboxylic acids is 1. The van der Waals surface area contributed by atoms with Crippen molar-refractivity contribution in [2.45, 2.75) is 33.2 Å². The summed E-state index contributed by atoms with van der Waals surface area (Å²) in [5.74, 6) is -2.44. The van der Waals surface area contributed by atoms with Gasteiger partial charge in [-0.3, -0.25) is 9.59 Å². The van der Waals surface area contributed by atoms with E-state index in [0.717, 1.165) is 12.3 Å². The van der Waals surface area contributed by atoms with Crippen molar-refractivity contribution in [1.29, 1.82) is 0 Å². The number of halogens is 2. The minimum Gasteiger partial charge on any atom is -0.481 e. The summed E-state index contributed by atoms with van der Waals surface area (Å²) in [6.45, 7) is 6.11. The Morgan fingerprint density at radius 1 is 1.35 bits per heavy atom. The third-order valence-corrected chi connectivity index (χ3v) is 3.87. The zero-order chi connectivity index (χ0) is 15.7. The number of rotatable bonds is 4. The maximum absolute atomic E-state index is 13.1. The normalized spacial score (nSPS) is 12.1. The first-order valence-electron chi connectivity index (χ1n) is 5.86. The number of nitrogens with zero attached hydrogens (tertiary/aromatic N) is 1. The average molecular weight is 303 g/mol. The van der Waals surface area contributed by atoms with Crippen molar-refractivity contribution in [2.75, 3.05) is 0 Å². The van der Waals surface area contributed by atoms with Gasteiger partial charge in [0.15, 0.2) is 0 Å². The molecule has 1 aromatic rings. The van der Waals surface area contributed by atoms with Gasteiger partial charge in [0.05, 0.1) is 22.7 Å². The smallest absolute Gasteiger partial charge is 0.311 e. The van der Waals surface area contributed by atoms with E-state index in [0.29, 0.717) is 0 Å². The Morgan fingerprint density at radius 2 is 1.90 bits per heavy atom. The molecule has 0 unspecified atom stereocenters. The van der Waals surface area contributed by atoms with Crippen LogP contribution in [0, 0.1) is 11.2 Å². The average Bonchev–Trinajstić information content (AvgIpc) is 2.31. The number of carboxylic acids is 1. The highest BCUT2D eigenvalue weighted by Gasteiger charge is 2.44. The molecule has 20 heavy (non-hydrogen) atoms. The van der Waals surface area contributed by atoms with Crippen LogP contribution in [-0.2, 0) is 4.79 Å². The van der Waals surface area contributed by atoms with Gasteiger partial charge in [0.25, 0.3) is 5.91 Å². The molecule has 0 saturated carbocycles. The standard InChI is InChI=1S/C13H16ClFN2O3/c1-12(2,11(19)20)13(3,4)17-10(18)8-5-7(15)6-16-9(8)14/h5-6H,1-4H3,(H,17,18)(H,19,20). The minimum absolute atomic E-state index is 0.138. The molecule has 0 aliphatic heterocycles. The summed E-state index contributed by atoms with van der Waals surface area (Å²) >= 11 is 5.74. The Labute approximate surface area is 121 Å². The van der Waals surface area contributed by atoms with Crippen molar-refractivity contribution in [1.82, 2.24) is 10.3 Å². The van der Waals surface area contributed by atoms with Crippen molar-refractivity contribution in [2.24, 2.45) is 5.41 Å². The monoisotopic (exact) mass is 302 g/mol. The third-order valence-electron chi connectivity index (χ3n) is 3.57. The SMILES string of the molecule is CC(C)(NC(=O)c1cc(F)cnc1Cl)C(C)(C)C(=O)O. The Bertz CT molecular complexity index is 559. The molecule has 2 N–H and O–H groups in total. The summed E-state index contributed by atoms with van der Waals surface area (Å²) in [5, 5.41) is 11.6. The molecule has 0 spiro atoms. The molecule has 1 amide bonds. The number of nitrogens with one attached hydrogen (secondary N) is 1. The van der Waals surface area contributed by atoms with Crippen LogP contribution in [-0.4, -0.2) is 27.5 Å². The lowest BCUT2D eigenvalue weighted by Crippen LogP contribution is -2.57. The van der Waals surface area contributed by atoms with Crippen molar-refractivity contribution in [3.63, 3.8) is 0 Å². The van der Waals surface area contributed by atoms with Gasteiger partial charge in [0.1, 0.15) is 11.0 Å². The van der Waals surface area contributed by atoms with E-state index < -0.39 is 28.6 Å². The minimum atomic E-state index is -1.23. The van der Waals surface area contributed by atoms with Crippen LogP contribution < -0.4 is 5.32 Å². The summed E-state index contributed by atoms with van der Waals surface area (Å²) in [6, 6.07) is 0.953. The lowest BCUT2D eigenvalue weighted by atomic mass is 9.74. The van der Waals surface area contributed by atoms with E-state index in [9.17, 15) is 19.1 Å². The van der Waals surface area contributed by atoms with Crippen LogP contribution in [0.3, 0.4) is 0 Å². The number of aromatic nitrogens is 1. The van der Waals surface area contributed by atoms with Gasteiger partial charge in [0.2, 0.25) is 0 Å². The van der Waals surface area contributed by atoms with Gasteiger partial charge >= 0.3 is 5.97 Å². The molecule has 1 heterocycles. The van der Waals surface area contributed by atoms with E-state index in [1.54, 1.807) is 13.8 Å². The fraction of sp³-hybridized carbons (Fsp3) is 0.462. The first-order chi connectivity index (χ1) is 8.99. The molecule has 1 aromatic heterocycles. The molecule has 0 radical (unpaired) electrons. The summed E-state index contributed by atoms with van der Waals surface area (Å²) < 4.78 is 13.1. The molecular formula is C13H16ClFN2O3. The lowest BCUT2D eigenvalue weighted by molar-refractivity contribution is -0.150. The largest absolute Gasteiger partial charge is 0.481 e. The predicted molar refractivity (Wildman–Crippen MR) is 72.2 cm³/mol. The summed E-state index contributed by atoms with van der Waals surface area (Å²) in [6.07, 6.45) is 0.894. The van der Waals surface area contributed by atoms with Crippen LogP contribution in [0.2, 0.25) is 5.15 Å². The Hall–Kier alpha value is -1.69. The maximum atomic E-state index is 13.1. The first-order valence-corrected chi connectivity index (χ1v) is 6.24. The Balaban J connectivity index is 3.06. The second-order valence-corrected chi connectivity index (χ2v) is 5.86. The van der Waals surface area contributed by atoms with E-state index >= 15 is 0 Å². The summed E-state index contributed by atoms with van der Waals surface area (Å²) in [7, 11) is 0. The van der Waals surface area contributed by atoms with Crippen molar-refractivity contribution < 1.29 is 19.1 Å². The second-order valence-electron chi connectivity index (χ2n) is 5.50. The number of amides is 1. The fourth-order valence-corrected chi connectivity index (χ4v) is 1.55. The van der Waals surface area contributed by atoms with Crippen LogP contribution in [0.15, 0.2) is 12.3 Å². The van der Waals surface area contributed by atoms with Gasteiger partial charge in [-0.25, -0.2) is 9.37 Å². The van der Waals surface area contributed by atoms with Crippen LogP contribution in [0.4, 0.5) is 4.39 Å². The molecule has 0 saturated heterocycles. The van der Waals surface area contributed by atoms with Gasteiger partial charge in [-0.1, -0.05) is 11.6 Å². The van der Waals surface area contributed by atoms with E-state index in [-0.39, 0.29) is 10.7 Å². The van der Waals surface area contributed by atoms with Crippen molar-refractivity contribution in [3.8, 4) is 0 Å². The highest BCUT2D eigenvalue weighted by atomic mass is 35.5. The summed E-state index contributed by atoms with van der Waals surface area (Å²) in [4.78, 5) is 26.9. The summed E-state index contributed by atoms with van der Waals surface area (Å²) in [5.41, 5.74) is -2.44. The fourth-order valence-electron chi connectivity index (χ4n) is 1.36. The number of aliphatic carboxylic acids is 1. The first kappa shape index (κ1) is 16.4. The van der Waals surface area contributed by atoms with E-state index in [1.165, 1.54) is 13.8 Å². The lowest BCUT2D eigenvalue weighted by Gasteiger charge is -2.38. The Kier molecular flexibility index (Phi) is 4.39. The van der Waals surface area contributed by atoms with Crippen molar-refractivity contribution in [3.05, 3.63) is 28.8 Å². The second kappa shape index (κ2) is 5.36. The van der Waals surface area contributed by atoms with Crippen LogP contribution in [0.5, 0.6) is 0 Å². The van der Waals surface area contributed by atoms with Gasteiger partial charge in [-0.2, -0.15) is 0 Å². The molecule has 5 nitrogen and oxygen atoms in total. The molecule has 7 heteroatoms. The zero-order valence-electron chi connectivity index (χ0n) is 11.6. The number of hydrogen-bond donors (Lipinski definition) is 2. The molecule has 110 valence electrons. The molecule has 0 aliphatic rings. The maximum Gasteiger partial charge on any atom is 0.311 e. The Morgan fingerprint density at radius 3 is 2.40 bits per heavy atom. The molecule has 0 aliphatic carbocycles. The van der Waals surface area contributed by atoms with E-state index in [1.807, 2.05) is 0 Å². The predicted octanol–water partition coefficient (Wildman–Crippen LogP) is 2.49. The molecule has 0 atom stereocenters. The quantitative estimate of drug-likeness (QED) is 0.838. The van der Waals surface area contributed by atoms with Crippen LogP contribution >= 0.6 is 11.6 Å². The van der Waals surface area contributed by atoms with Crippen LogP contribution in [0.1, 0.15) is 38.1 Å². The number of carboxylic acid groups (broad SMARTS) is 1. The molecule has 1 rings (SSSR count). The zero-order valence-corrected chi connectivity index (χ0v) is 12.4. The molecule has 0 aromatic carbocycles. The highest BCUT2D eigenvalue weighted by Crippen LogP contribution is 2.31. The van der Waals surface area contributed by atoms with Gasteiger partial charge in [-0.05, 0) is 33.8 Å². The molecular weight excluding hydrogens is 287 g/mol. The number of pyridine rings is 1. The topological polar surface area (TPSA) is 79.3 Å². The van der Waals surface area contributed by atoms with Crippen LogP contribution in [0.25, 0.3) is 0 Å². The number of carbonyl (C=O) groups is 2. The van der Waals surface area contributed by atoms with Crippen molar-refractivity contribution >= 4 is 23.5 Å². The molecule has 0 fully saturated rings. The third kappa shape index (κ3) is 3.07. The van der Waals surface area contributed by atoms with E-state index in [2.05, 4.69) is 10.3 Å². The molecule has 0 bridgehead atoms.